The number of hydrogen-bond acceptors (Lipinski definition) is 4. The standard InChI is InChI=1S/C14H28N4O/c1-3-17-5-4-13(12-17)10-15-11-14(19)18-8-6-16(2)7-9-18/h13,15H,3-12H2,1-2H3. The average molecular weight is 268 g/mol. The molecule has 0 aromatic carbocycles. The molecule has 0 aromatic heterocycles. The van der Waals surface area contributed by atoms with Crippen molar-refractivity contribution in [3.05, 3.63) is 0 Å². The minimum atomic E-state index is 0.262. The van der Waals surface area contributed by atoms with Gasteiger partial charge in [-0.15, -0.1) is 0 Å². The van der Waals surface area contributed by atoms with Gasteiger partial charge >= 0.3 is 0 Å². The Morgan fingerprint density at radius 1 is 1.21 bits per heavy atom. The van der Waals surface area contributed by atoms with Crippen LogP contribution >= 0.6 is 0 Å². The van der Waals surface area contributed by atoms with Gasteiger partial charge in [0.15, 0.2) is 0 Å². The summed E-state index contributed by atoms with van der Waals surface area (Å²) in [7, 11) is 2.11. The summed E-state index contributed by atoms with van der Waals surface area (Å²) in [6, 6.07) is 0. The summed E-state index contributed by atoms with van der Waals surface area (Å²) >= 11 is 0. The van der Waals surface area contributed by atoms with Crippen LogP contribution in [0.3, 0.4) is 0 Å². The third-order valence-corrected chi connectivity index (χ3v) is 4.38. The van der Waals surface area contributed by atoms with Crippen LogP contribution in [0.1, 0.15) is 13.3 Å². The number of likely N-dealkylation sites (N-methyl/N-ethyl adjacent to an activating group) is 1. The lowest BCUT2D eigenvalue weighted by molar-refractivity contribution is -0.131. The molecule has 5 heteroatoms. The fraction of sp³-hybridized carbons (Fsp3) is 0.929. The number of nitrogens with zero attached hydrogens (tertiary/aromatic N) is 3. The van der Waals surface area contributed by atoms with Crippen LogP contribution in [0.4, 0.5) is 0 Å². The second kappa shape index (κ2) is 7.22. The molecule has 19 heavy (non-hydrogen) atoms. The second-order valence-corrected chi connectivity index (χ2v) is 5.86. The number of carbonyl (C=O) groups is 1. The molecule has 5 nitrogen and oxygen atoms in total. The highest BCUT2D eigenvalue weighted by atomic mass is 16.2. The Balaban J connectivity index is 1.59. The molecule has 0 spiro atoms. The normalized spacial score (nSPS) is 26.0. The van der Waals surface area contributed by atoms with Crippen LogP contribution in [0, 0.1) is 5.92 Å². The molecule has 2 heterocycles. The molecule has 2 aliphatic heterocycles. The Hall–Kier alpha value is -0.650. The molecule has 0 radical (unpaired) electrons. The van der Waals surface area contributed by atoms with E-state index in [9.17, 15) is 4.79 Å². The van der Waals surface area contributed by atoms with Crippen molar-refractivity contribution in [1.29, 1.82) is 0 Å². The first-order valence-electron chi connectivity index (χ1n) is 7.58. The fourth-order valence-corrected chi connectivity index (χ4v) is 2.92. The molecule has 1 N–H and O–H groups in total. The Morgan fingerprint density at radius 3 is 2.58 bits per heavy atom. The van der Waals surface area contributed by atoms with Gasteiger partial charge in [-0.25, -0.2) is 0 Å². The number of piperazine rings is 1. The summed E-state index contributed by atoms with van der Waals surface area (Å²) in [4.78, 5) is 18.8. The molecule has 1 atom stereocenters. The first-order valence-corrected chi connectivity index (χ1v) is 7.58. The Labute approximate surface area is 116 Å². The lowest BCUT2D eigenvalue weighted by atomic mass is 10.1. The van der Waals surface area contributed by atoms with E-state index in [2.05, 4.69) is 29.1 Å². The Bertz CT molecular complexity index is 289. The maximum atomic E-state index is 12.0. The molecule has 0 aliphatic carbocycles. The molecule has 2 aliphatic rings. The van der Waals surface area contributed by atoms with E-state index >= 15 is 0 Å². The second-order valence-electron chi connectivity index (χ2n) is 5.86. The average Bonchev–Trinajstić information content (AvgIpc) is 2.87. The van der Waals surface area contributed by atoms with E-state index in [0.29, 0.717) is 6.54 Å². The lowest BCUT2D eigenvalue weighted by Crippen LogP contribution is -2.49. The molecule has 110 valence electrons. The summed E-state index contributed by atoms with van der Waals surface area (Å²) in [6.07, 6.45) is 1.27. The van der Waals surface area contributed by atoms with Gasteiger partial charge in [-0.3, -0.25) is 4.79 Å². The van der Waals surface area contributed by atoms with Crippen molar-refractivity contribution in [3.63, 3.8) is 0 Å². The summed E-state index contributed by atoms with van der Waals surface area (Å²) in [5, 5.41) is 3.35. The number of amides is 1. The van der Waals surface area contributed by atoms with Crippen molar-refractivity contribution in [1.82, 2.24) is 20.0 Å². The highest BCUT2D eigenvalue weighted by molar-refractivity contribution is 5.78. The van der Waals surface area contributed by atoms with E-state index in [1.165, 1.54) is 19.5 Å². The maximum absolute atomic E-state index is 12.0. The SMILES string of the molecule is CCN1CCC(CNCC(=O)N2CCN(C)CC2)C1. The minimum Gasteiger partial charge on any atom is -0.339 e. The van der Waals surface area contributed by atoms with Gasteiger partial charge < -0.3 is 20.0 Å². The highest BCUT2D eigenvalue weighted by Crippen LogP contribution is 2.14. The van der Waals surface area contributed by atoms with Crippen LogP contribution < -0.4 is 5.32 Å². The monoisotopic (exact) mass is 268 g/mol. The first-order chi connectivity index (χ1) is 9.19. The summed E-state index contributed by atoms with van der Waals surface area (Å²) in [5.74, 6) is 0.985. The topological polar surface area (TPSA) is 38.8 Å². The molecule has 2 saturated heterocycles. The summed E-state index contributed by atoms with van der Waals surface area (Å²) in [6.45, 7) is 11.0. The van der Waals surface area contributed by atoms with Crippen LogP contribution in [0.25, 0.3) is 0 Å². The van der Waals surface area contributed by atoms with Crippen molar-refractivity contribution in [2.24, 2.45) is 5.92 Å². The molecule has 0 saturated carbocycles. The van der Waals surface area contributed by atoms with Gasteiger partial charge in [0.05, 0.1) is 6.54 Å². The number of likely N-dealkylation sites (tertiary alicyclic amines) is 1. The van der Waals surface area contributed by atoms with Gasteiger partial charge in [0.1, 0.15) is 0 Å². The van der Waals surface area contributed by atoms with Crippen molar-refractivity contribution >= 4 is 5.91 Å². The van der Waals surface area contributed by atoms with E-state index < -0.39 is 0 Å². The molecule has 2 fully saturated rings. The van der Waals surface area contributed by atoms with Gasteiger partial charge in [0, 0.05) is 32.7 Å². The van der Waals surface area contributed by atoms with E-state index in [0.717, 1.165) is 45.2 Å². The van der Waals surface area contributed by atoms with Gasteiger partial charge in [-0.2, -0.15) is 0 Å². The first kappa shape index (κ1) is 14.8. The number of nitrogens with one attached hydrogen (secondary N) is 1. The molecule has 0 aromatic rings. The lowest BCUT2D eigenvalue weighted by Gasteiger charge is -2.32. The fourth-order valence-electron chi connectivity index (χ4n) is 2.92. The quantitative estimate of drug-likeness (QED) is 0.742. The van der Waals surface area contributed by atoms with Gasteiger partial charge in [0.2, 0.25) is 5.91 Å². The van der Waals surface area contributed by atoms with Crippen LogP contribution in [0.15, 0.2) is 0 Å². The zero-order valence-corrected chi connectivity index (χ0v) is 12.4. The zero-order chi connectivity index (χ0) is 13.7. The molecular weight excluding hydrogens is 240 g/mol. The summed E-state index contributed by atoms with van der Waals surface area (Å²) < 4.78 is 0. The third-order valence-electron chi connectivity index (χ3n) is 4.38. The van der Waals surface area contributed by atoms with Crippen molar-refractivity contribution < 1.29 is 4.79 Å². The van der Waals surface area contributed by atoms with Gasteiger partial charge in [-0.1, -0.05) is 6.92 Å². The number of hydrogen-bond donors (Lipinski definition) is 1. The van der Waals surface area contributed by atoms with Crippen LogP contribution in [-0.4, -0.2) is 86.6 Å². The van der Waals surface area contributed by atoms with Gasteiger partial charge in [0.25, 0.3) is 0 Å². The third kappa shape index (κ3) is 4.44. The van der Waals surface area contributed by atoms with E-state index in [4.69, 9.17) is 0 Å². The molecule has 0 bridgehead atoms. The molecule has 1 amide bonds. The largest absolute Gasteiger partial charge is 0.339 e. The predicted octanol–water partition coefficient (Wildman–Crippen LogP) is -0.308. The van der Waals surface area contributed by atoms with E-state index in [1.54, 1.807) is 0 Å². The van der Waals surface area contributed by atoms with Crippen molar-refractivity contribution in [2.45, 2.75) is 13.3 Å². The van der Waals surface area contributed by atoms with Crippen LogP contribution in [0.5, 0.6) is 0 Å². The van der Waals surface area contributed by atoms with Crippen LogP contribution in [-0.2, 0) is 4.79 Å². The minimum absolute atomic E-state index is 0.262. The maximum Gasteiger partial charge on any atom is 0.236 e. The number of carbonyl (C=O) groups excluding carboxylic acids is 1. The zero-order valence-electron chi connectivity index (χ0n) is 12.4. The highest BCUT2D eigenvalue weighted by Gasteiger charge is 2.22. The van der Waals surface area contributed by atoms with Crippen LogP contribution in [0.2, 0.25) is 0 Å². The molecular formula is C14H28N4O. The van der Waals surface area contributed by atoms with Crippen molar-refractivity contribution in [3.8, 4) is 0 Å². The predicted molar refractivity (Wildman–Crippen MR) is 77.2 cm³/mol. The van der Waals surface area contributed by atoms with E-state index in [-0.39, 0.29) is 5.91 Å². The Kier molecular flexibility index (Phi) is 5.60. The Morgan fingerprint density at radius 2 is 1.95 bits per heavy atom. The molecule has 2 rings (SSSR count). The molecule has 1 unspecified atom stereocenters. The summed E-state index contributed by atoms with van der Waals surface area (Å²) in [5.41, 5.74) is 0. The smallest absolute Gasteiger partial charge is 0.236 e. The van der Waals surface area contributed by atoms with E-state index in [1.807, 2.05) is 4.90 Å². The van der Waals surface area contributed by atoms with Crippen molar-refractivity contribution in [2.75, 3.05) is 66.0 Å². The number of rotatable bonds is 5. The van der Waals surface area contributed by atoms with Gasteiger partial charge in [-0.05, 0) is 39.0 Å².